The number of carbonyl (C=O) groups excluding carboxylic acids is 1. The molecule has 0 bridgehead atoms. The summed E-state index contributed by atoms with van der Waals surface area (Å²) in [5, 5.41) is 0. The lowest BCUT2D eigenvalue weighted by molar-refractivity contribution is -0.141. The van der Waals surface area contributed by atoms with Crippen molar-refractivity contribution in [2.24, 2.45) is 46.3 Å². The number of fused-ring (bicyclic) bond motifs is 3. The van der Waals surface area contributed by atoms with Gasteiger partial charge in [0.25, 0.3) is 0 Å². The van der Waals surface area contributed by atoms with E-state index in [2.05, 4.69) is 57.5 Å². The minimum absolute atomic E-state index is 0.0475. The molecule has 2 N–H and O–H groups in total. The Morgan fingerprint density at radius 2 is 1.85 bits per heavy atom. The number of hydrazine groups is 1. The van der Waals surface area contributed by atoms with E-state index in [-0.39, 0.29) is 5.97 Å². The van der Waals surface area contributed by atoms with Crippen molar-refractivity contribution in [3.8, 4) is 0 Å². The summed E-state index contributed by atoms with van der Waals surface area (Å²) in [5.74, 6) is 4.74. The van der Waals surface area contributed by atoms with Crippen molar-refractivity contribution in [2.45, 2.75) is 91.9 Å². The largest absolute Gasteiger partial charge is 0.469 e. The van der Waals surface area contributed by atoms with E-state index in [9.17, 15) is 4.79 Å². The van der Waals surface area contributed by atoms with Gasteiger partial charge in [-0.3, -0.25) is 15.6 Å². The maximum atomic E-state index is 11.8. The van der Waals surface area contributed by atoms with Crippen LogP contribution in [0.1, 0.15) is 91.9 Å². The first-order valence-corrected chi connectivity index (χ1v) is 14.3. The Hall–Kier alpha value is -0.650. The molecule has 0 aliphatic heterocycles. The SMILES string of the molecule is CCC[C@]1(C)C2CC[C@@]3(C)C(CC[C@@H]3[C@H](C)CCC(=O)OC)C2CC[C@@H]1CNNCCN(C)C. The van der Waals surface area contributed by atoms with Crippen molar-refractivity contribution in [1.82, 2.24) is 15.8 Å². The van der Waals surface area contributed by atoms with E-state index >= 15 is 0 Å². The fourth-order valence-corrected chi connectivity index (χ4v) is 8.99. The van der Waals surface area contributed by atoms with E-state index < -0.39 is 0 Å². The van der Waals surface area contributed by atoms with Crippen LogP contribution in [0.25, 0.3) is 0 Å². The molecule has 0 spiro atoms. The maximum absolute atomic E-state index is 11.8. The van der Waals surface area contributed by atoms with E-state index in [1.807, 2.05) is 0 Å². The van der Waals surface area contributed by atoms with Crippen molar-refractivity contribution >= 4 is 5.97 Å². The van der Waals surface area contributed by atoms with Crippen molar-refractivity contribution in [2.75, 3.05) is 40.8 Å². The Labute approximate surface area is 210 Å². The highest BCUT2D eigenvalue weighted by atomic mass is 16.5. The summed E-state index contributed by atoms with van der Waals surface area (Å²) in [5.41, 5.74) is 7.99. The Morgan fingerprint density at radius 3 is 2.53 bits per heavy atom. The van der Waals surface area contributed by atoms with Crippen LogP contribution >= 0.6 is 0 Å². The lowest BCUT2D eigenvalue weighted by Gasteiger charge is -2.59. The highest BCUT2D eigenvalue weighted by molar-refractivity contribution is 5.69. The molecular formula is C29H55N3O2. The summed E-state index contributed by atoms with van der Waals surface area (Å²) in [6.45, 7) is 13.2. The molecule has 0 heterocycles. The Morgan fingerprint density at radius 1 is 1.09 bits per heavy atom. The van der Waals surface area contributed by atoms with Gasteiger partial charge >= 0.3 is 5.97 Å². The standard InChI is InChI=1S/C29H55N3O2/c1-8-16-28(3)22(20-31-30-18-19-32(5)6)10-11-23-25-13-12-24(21(2)9-14-27(33)34-7)29(25,4)17-15-26(23)28/h21-26,30-31H,8-20H2,1-7H3/t21-,22-,23?,24-,25?,26?,28+,29-/m1/s1. The monoisotopic (exact) mass is 477 g/mol. The van der Waals surface area contributed by atoms with Gasteiger partial charge in [-0.05, 0) is 112 Å². The van der Waals surface area contributed by atoms with E-state index in [1.54, 1.807) is 0 Å². The second-order valence-corrected chi connectivity index (χ2v) is 12.8. The highest BCUT2D eigenvalue weighted by Gasteiger charge is 2.59. The van der Waals surface area contributed by atoms with Gasteiger partial charge in [0.2, 0.25) is 0 Å². The van der Waals surface area contributed by atoms with Crippen molar-refractivity contribution in [3.63, 3.8) is 0 Å². The van der Waals surface area contributed by atoms with Gasteiger partial charge in [0.1, 0.15) is 0 Å². The minimum Gasteiger partial charge on any atom is -0.469 e. The number of nitrogens with zero attached hydrogens (tertiary/aromatic N) is 1. The fraction of sp³-hybridized carbons (Fsp3) is 0.966. The first kappa shape index (κ1) is 27.9. The number of carbonyl (C=O) groups is 1. The van der Waals surface area contributed by atoms with Crippen LogP contribution in [0, 0.1) is 46.3 Å². The summed E-state index contributed by atoms with van der Waals surface area (Å²) < 4.78 is 4.92. The highest BCUT2D eigenvalue weighted by Crippen LogP contribution is 2.67. The summed E-state index contributed by atoms with van der Waals surface area (Å²) in [6, 6.07) is 0. The van der Waals surface area contributed by atoms with Crippen LogP contribution in [0.4, 0.5) is 0 Å². The van der Waals surface area contributed by atoms with Gasteiger partial charge in [-0.15, -0.1) is 0 Å². The van der Waals surface area contributed by atoms with Crippen LogP contribution in [0.15, 0.2) is 0 Å². The van der Waals surface area contributed by atoms with Crippen molar-refractivity contribution < 1.29 is 9.53 Å². The predicted octanol–water partition coefficient (Wildman–Crippen LogP) is 5.51. The van der Waals surface area contributed by atoms with Crippen LogP contribution in [0.2, 0.25) is 0 Å². The fourth-order valence-electron chi connectivity index (χ4n) is 8.99. The Kier molecular flexibility index (Phi) is 9.91. The molecule has 5 heteroatoms. The van der Waals surface area contributed by atoms with Crippen LogP contribution < -0.4 is 10.9 Å². The molecule has 8 atom stereocenters. The number of nitrogens with one attached hydrogen (secondary N) is 2. The third kappa shape index (κ3) is 5.83. The molecule has 3 unspecified atom stereocenters. The zero-order valence-electron chi connectivity index (χ0n) is 23.4. The first-order chi connectivity index (χ1) is 16.2. The summed E-state index contributed by atoms with van der Waals surface area (Å²) in [4.78, 5) is 14.0. The number of hydrogen-bond donors (Lipinski definition) is 2. The number of likely N-dealkylation sites (N-methyl/N-ethyl adjacent to an activating group) is 1. The van der Waals surface area contributed by atoms with Gasteiger partial charge in [-0.25, -0.2) is 0 Å². The van der Waals surface area contributed by atoms with E-state index in [4.69, 9.17) is 4.74 Å². The molecule has 5 nitrogen and oxygen atoms in total. The Bertz CT molecular complexity index is 655. The number of ether oxygens (including phenoxy) is 1. The average molecular weight is 478 g/mol. The van der Waals surface area contributed by atoms with E-state index in [1.165, 1.54) is 58.5 Å². The molecular weight excluding hydrogens is 422 g/mol. The molecule has 0 amide bonds. The molecule has 0 aromatic heterocycles. The number of rotatable bonds is 12. The Balaban J connectivity index is 1.66. The molecule has 3 rings (SSSR count). The van der Waals surface area contributed by atoms with Crippen LogP contribution in [-0.4, -0.2) is 51.7 Å². The molecule has 34 heavy (non-hydrogen) atoms. The molecule has 0 aromatic carbocycles. The third-order valence-electron chi connectivity index (χ3n) is 10.8. The average Bonchev–Trinajstić information content (AvgIpc) is 3.15. The predicted molar refractivity (Wildman–Crippen MR) is 141 cm³/mol. The smallest absolute Gasteiger partial charge is 0.305 e. The normalized spacial score (nSPS) is 38.4. The van der Waals surface area contributed by atoms with Gasteiger partial charge in [-0.1, -0.05) is 34.1 Å². The zero-order chi connectivity index (χ0) is 24.9. The van der Waals surface area contributed by atoms with Crippen LogP contribution in [0.3, 0.4) is 0 Å². The van der Waals surface area contributed by atoms with E-state index in [0.717, 1.165) is 55.6 Å². The number of hydrogen-bond acceptors (Lipinski definition) is 5. The van der Waals surface area contributed by atoms with Crippen LogP contribution in [0.5, 0.6) is 0 Å². The van der Waals surface area contributed by atoms with Gasteiger partial charge in [0.15, 0.2) is 0 Å². The van der Waals surface area contributed by atoms with Crippen LogP contribution in [-0.2, 0) is 9.53 Å². The molecule has 3 fully saturated rings. The second-order valence-electron chi connectivity index (χ2n) is 12.8. The molecule has 198 valence electrons. The van der Waals surface area contributed by atoms with Crippen molar-refractivity contribution in [1.29, 1.82) is 0 Å². The molecule has 3 saturated carbocycles. The van der Waals surface area contributed by atoms with Gasteiger partial charge < -0.3 is 9.64 Å². The quantitative estimate of drug-likeness (QED) is 0.221. The summed E-state index contributed by atoms with van der Waals surface area (Å²) >= 11 is 0. The molecule has 0 aromatic rings. The van der Waals surface area contributed by atoms with Gasteiger partial charge in [-0.2, -0.15) is 0 Å². The van der Waals surface area contributed by atoms with Gasteiger partial charge in [0, 0.05) is 26.1 Å². The minimum atomic E-state index is -0.0475. The van der Waals surface area contributed by atoms with Gasteiger partial charge in [0.05, 0.1) is 7.11 Å². The molecule has 0 saturated heterocycles. The summed E-state index contributed by atoms with van der Waals surface area (Å²) in [7, 11) is 5.78. The summed E-state index contributed by atoms with van der Waals surface area (Å²) in [6.07, 6.45) is 12.5. The first-order valence-electron chi connectivity index (χ1n) is 14.3. The third-order valence-corrected chi connectivity index (χ3v) is 10.8. The lowest BCUT2D eigenvalue weighted by atomic mass is 9.46. The topological polar surface area (TPSA) is 53.6 Å². The maximum Gasteiger partial charge on any atom is 0.305 e. The number of methoxy groups -OCH3 is 1. The zero-order valence-corrected chi connectivity index (χ0v) is 23.4. The van der Waals surface area contributed by atoms with E-state index in [0.29, 0.717) is 23.2 Å². The van der Waals surface area contributed by atoms with Crippen molar-refractivity contribution in [3.05, 3.63) is 0 Å². The molecule has 3 aliphatic rings. The molecule has 3 aliphatic carbocycles. The number of esters is 1. The molecule has 0 radical (unpaired) electrons. The second kappa shape index (κ2) is 12.1. The lowest BCUT2D eigenvalue weighted by Crippen LogP contribution is -2.54.